The first-order valence-electron chi connectivity index (χ1n) is 7.20. The van der Waals surface area contributed by atoms with Crippen molar-refractivity contribution in [3.63, 3.8) is 0 Å². The van der Waals surface area contributed by atoms with E-state index in [9.17, 15) is 4.79 Å². The number of nitrogens with one attached hydrogen (secondary N) is 1. The molecular weight excluding hydrogens is 367 g/mol. The van der Waals surface area contributed by atoms with Crippen LogP contribution in [0.5, 0.6) is 0 Å². The molecular formula is C17H14Cl2N2O2S. The summed E-state index contributed by atoms with van der Waals surface area (Å²) in [6.07, 6.45) is 0. The summed E-state index contributed by atoms with van der Waals surface area (Å²) in [6.45, 7) is 2.05. The second kappa shape index (κ2) is 6.97. The number of anilines is 1. The van der Waals surface area contributed by atoms with Gasteiger partial charge in [0.1, 0.15) is 5.69 Å². The van der Waals surface area contributed by atoms with Gasteiger partial charge in [0.2, 0.25) is 0 Å². The standard InChI is InChI=1S/C17H14Cl2N2O2S/c1-2-23-17(22)15-16(11-7-9(18)4-6-13(11)21-15)24-14-8-10(19)3-5-12(14)20/h3-8,21H,2,20H2,1H3. The SMILES string of the molecule is CCOC(=O)c1[nH]c2ccc(Cl)cc2c1Sc1cc(Cl)ccc1N. The number of H-pyrrole nitrogens is 1. The lowest BCUT2D eigenvalue weighted by Gasteiger charge is -2.07. The molecule has 3 rings (SSSR count). The topological polar surface area (TPSA) is 68.1 Å². The lowest BCUT2D eigenvalue weighted by atomic mass is 10.2. The van der Waals surface area contributed by atoms with Crippen LogP contribution in [0, 0.1) is 0 Å². The number of aromatic amines is 1. The van der Waals surface area contributed by atoms with Crippen molar-refractivity contribution < 1.29 is 9.53 Å². The van der Waals surface area contributed by atoms with Gasteiger partial charge in [-0.15, -0.1) is 0 Å². The maximum atomic E-state index is 12.3. The van der Waals surface area contributed by atoms with E-state index in [1.54, 1.807) is 37.3 Å². The van der Waals surface area contributed by atoms with E-state index in [0.717, 1.165) is 15.8 Å². The van der Waals surface area contributed by atoms with Crippen LogP contribution in [0.25, 0.3) is 10.9 Å². The quantitative estimate of drug-likeness (QED) is 0.470. The molecule has 124 valence electrons. The van der Waals surface area contributed by atoms with Crippen molar-refractivity contribution in [2.45, 2.75) is 16.7 Å². The molecule has 0 amide bonds. The van der Waals surface area contributed by atoms with Gasteiger partial charge in [0, 0.05) is 31.5 Å². The highest BCUT2D eigenvalue weighted by Crippen LogP contribution is 2.41. The molecule has 1 heterocycles. The minimum absolute atomic E-state index is 0.290. The smallest absolute Gasteiger partial charge is 0.355 e. The number of fused-ring (bicyclic) bond motifs is 1. The van der Waals surface area contributed by atoms with Gasteiger partial charge in [-0.25, -0.2) is 4.79 Å². The van der Waals surface area contributed by atoms with Crippen molar-refractivity contribution >= 4 is 57.5 Å². The number of rotatable bonds is 4. The summed E-state index contributed by atoms with van der Waals surface area (Å²) >= 11 is 13.5. The highest BCUT2D eigenvalue weighted by atomic mass is 35.5. The Labute approximate surface area is 153 Å². The summed E-state index contributed by atoms with van der Waals surface area (Å²) in [4.78, 5) is 16.9. The number of aromatic nitrogens is 1. The number of nitrogens with two attached hydrogens (primary N) is 1. The number of esters is 1. The van der Waals surface area contributed by atoms with Crippen LogP contribution in [0.1, 0.15) is 17.4 Å². The Balaban J connectivity index is 2.16. The number of carbonyl (C=O) groups excluding carboxylic acids is 1. The third-order valence-corrected chi connectivity index (χ3v) is 5.05. The number of hydrogen-bond donors (Lipinski definition) is 2. The van der Waals surface area contributed by atoms with Gasteiger partial charge in [-0.3, -0.25) is 0 Å². The summed E-state index contributed by atoms with van der Waals surface area (Å²) < 4.78 is 5.15. The predicted molar refractivity (Wildman–Crippen MR) is 99.3 cm³/mol. The fourth-order valence-corrected chi connectivity index (χ4v) is 3.81. The molecule has 0 saturated carbocycles. The van der Waals surface area contributed by atoms with Gasteiger partial charge < -0.3 is 15.5 Å². The maximum absolute atomic E-state index is 12.3. The zero-order valence-electron chi connectivity index (χ0n) is 12.7. The molecule has 0 spiro atoms. The number of halogens is 2. The van der Waals surface area contributed by atoms with E-state index in [4.69, 9.17) is 33.7 Å². The number of carbonyl (C=O) groups is 1. The van der Waals surface area contributed by atoms with E-state index in [1.807, 2.05) is 6.07 Å². The Hall–Kier alpha value is -1.82. The van der Waals surface area contributed by atoms with Crippen molar-refractivity contribution in [2.75, 3.05) is 12.3 Å². The molecule has 24 heavy (non-hydrogen) atoms. The van der Waals surface area contributed by atoms with Crippen molar-refractivity contribution in [1.82, 2.24) is 4.98 Å². The van der Waals surface area contributed by atoms with Gasteiger partial charge in [0.15, 0.2) is 0 Å². The van der Waals surface area contributed by atoms with Crippen molar-refractivity contribution in [1.29, 1.82) is 0 Å². The summed E-state index contributed by atoms with van der Waals surface area (Å²) in [5.74, 6) is -0.423. The molecule has 4 nitrogen and oxygen atoms in total. The van der Waals surface area contributed by atoms with Crippen LogP contribution in [0.15, 0.2) is 46.2 Å². The van der Waals surface area contributed by atoms with Crippen LogP contribution < -0.4 is 5.73 Å². The molecule has 0 fully saturated rings. The van der Waals surface area contributed by atoms with Crippen LogP contribution in [-0.2, 0) is 4.74 Å². The van der Waals surface area contributed by atoms with E-state index < -0.39 is 5.97 Å². The van der Waals surface area contributed by atoms with E-state index in [0.29, 0.717) is 32.9 Å². The summed E-state index contributed by atoms with van der Waals surface area (Å²) in [5, 5.41) is 1.98. The molecule has 0 aliphatic heterocycles. The molecule has 3 N–H and O–H groups in total. The predicted octanol–water partition coefficient (Wildman–Crippen LogP) is 5.38. The second-order valence-electron chi connectivity index (χ2n) is 5.02. The monoisotopic (exact) mass is 380 g/mol. The molecule has 0 aliphatic carbocycles. The summed E-state index contributed by atoms with van der Waals surface area (Å²) in [5.41, 5.74) is 7.78. The lowest BCUT2D eigenvalue weighted by molar-refractivity contribution is 0.0516. The average Bonchev–Trinajstić information content (AvgIpc) is 2.89. The lowest BCUT2D eigenvalue weighted by Crippen LogP contribution is -2.06. The molecule has 0 radical (unpaired) electrons. The average molecular weight is 381 g/mol. The fraction of sp³-hybridized carbons (Fsp3) is 0.118. The van der Waals surface area contributed by atoms with E-state index >= 15 is 0 Å². The zero-order chi connectivity index (χ0) is 17.3. The Morgan fingerprint density at radius 2 is 1.92 bits per heavy atom. The van der Waals surface area contributed by atoms with Crippen molar-refractivity contribution in [3.05, 3.63) is 52.1 Å². The molecule has 2 aromatic carbocycles. The molecule has 0 atom stereocenters. The van der Waals surface area contributed by atoms with Crippen LogP contribution in [0.3, 0.4) is 0 Å². The molecule has 0 saturated heterocycles. The Morgan fingerprint density at radius 3 is 2.67 bits per heavy atom. The van der Waals surface area contributed by atoms with Gasteiger partial charge in [-0.1, -0.05) is 35.0 Å². The Bertz CT molecular complexity index is 924. The molecule has 3 aromatic rings. The van der Waals surface area contributed by atoms with Gasteiger partial charge in [0.25, 0.3) is 0 Å². The molecule has 7 heteroatoms. The number of ether oxygens (including phenoxy) is 1. The summed E-state index contributed by atoms with van der Waals surface area (Å²) in [7, 11) is 0. The molecule has 0 unspecified atom stereocenters. The Morgan fingerprint density at radius 1 is 1.21 bits per heavy atom. The minimum Gasteiger partial charge on any atom is -0.461 e. The van der Waals surface area contributed by atoms with Gasteiger partial charge in [-0.05, 0) is 43.3 Å². The number of benzene rings is 2. The van der Waals surface area contributed by atoms with Crippen LogP contribution >= 0.6 is 35.0 Å². The number of hydrogen-bond acceptors (Lipinski definition) is 4. The van der Waals surface area contributed by atoms with Crippen LogP contribution in [0.2, 0.25) is 10.0 Å². The van der Waals surface area contributed by atoms with Crippen LogP contribution in [0.4, 0.5) is 5.69 Å². The van der Waals surface area contributed by atoms with Gasteiger partial charge in [-0.2, -0.15) is 0 Å². The van der Waals surface area contributed by atoms with E-state index in [-0.39, 0.29) is 0 Å². The van der Waals surface area contributed by atoms with E-state index in [1.165, 1.54) is 11.8 Å². The molecule has 1 aromatic heterocycles. The third kappa shape index (κ3) is 3.34. The Kier molecular flexibility index (Phi) is 4.94. The van der Waals surface area contributed by atoms with Gasteiger partial charge >= 0.3 is 5.97 Å². The van der Waals surface area contributed by atoms with Crippen molar-refractivity contribution in [3.8, 4) is 0 Å². The second-order valence-corrected chi connectivity index (χ2v) is 6.95. The zero-order valence-corrected chi connectivity index (χ0v) is 15.1. The first-order valence-corrected chi connectivity index (χ1v) is 8.78. The largest absolute Gasteiger partial charge is 0.461 e. The first-order chi connectivity index (χ1) is 11.5. The van der Waals surface area contributed by atoms with E-state index in [2.05, 4.69) is 4.98 Å². The minimum atomic E-state index is -0.423. The van der Waals surface area contributed by atoms with Crippen molar-refractivity contribution in [2.24, 2.45) is 0 Å². The molecule has 0 bridgehead atoms. The number of nitrogen functional groups attached to an aromatic ring is 1. The normalized spacial score (nSPS) is 11.0. The highest BCUT2D eigenvalue weighted by molar-refractivity contribution is 7.99. The third-order valence-electron chi connectivity index (χ3n) is 3.38. The van der Waals surface area contributed by atoms with Crippen LogP contribution in [-0.4, -0.2) is 17.6 Å². The van der Waals surface area contributed by atoms with Gasteiger partial charge in [0.05, 0.1) is 11.5 Å². The maximum Gasteiger partial charge on any atom is 0.355 e. The summed E-state index contributed by atoms with van der Waals surface area (Å²) in [6, 6.07) is 10.6. The first kappa shape index (κ1) is 17.0. The highest BCUT2D eigenvalue weighted by Gasteiger charge is 2.21. The molecule has 0 aliphatic rings. The fourth-order valence-electron chi connectivity index (χ4n) is 2.30.